The van der Waals surface area contributed by atoms with Gasteiger partial charge in [-0.2, -0.15) is 18.3 Å². The van der Waals surface area contributed by atoms with Crippen molar-refractivity contribution in [2.45, 2.75) is 69.3 Å². The molecule has 2 fully saturated rings. The van der Waals surface area contributed by atoms with E-state index in [0.717, 1.165) is 5.56 Å². The maximum absolute atomic E-state index is 13.9. The molecular weight excluding hydrogens is 581 g/mol. The van der Waals surface area contributed by atoms with Crippen LogP contribution in [-0.4, -0.2) is 55.8 Å². The number of alkyl halides is 5. The van der Waals surface area contributed by atoms with Crippen molar-refractivity contribution in [1.29, 1.82) is 0 Å². The Bertz CT molecular complexity index is 1500. The monoisotopic (exact) mass is 609 g/mol. The summed E-state index contributed by atoms with van der Waals surface area (Å²) < 4.78 is 74.2. The van der Waals surface area contributed by atoms with Crippen LogP contribution in [-0.2, 0) is 27.4 Å². The van der Waals surface area contributed by atoms with Crippen molar-refractivity contribution in [3.8, 4) is 0 Å². The quantitative estimate of drug-likeness (QED) is 0.251. The van der Waals surface area contributed by atoms with Gasteiger partial charge in [0.15, 0.2) is 11.1 Å². The Hall–Kier alpha value is -4.30. The van der Waals surface area contributed by atoms with Gasteiger partial charge in [0.25, 0.3) is 0 Å². The maximum Gasteiger partial charge on any atom is 0.408 e. The zero-order chi connectivity index (χ0) is 31.0. The Labute approximate surface area is 241 Å². The number of benzene rings is 1. The number of hydrogen-bond donors (Lipinski definition) is 3. The molecule has 1 aliphatic heterocycles. The molecule has 3 N–H and O–H groups in total. The lowest BCUT2D eigenvalue weighted by Crippen LogP contribution is -2.41. The Kier molecular flexibility index (Phi) is 8.01. The Morgan fingerprint density at radius 2 is 1.84 bits per heavy atom. The van der Waals surface area contributed by atoms with Crippen molar-refractivity contribution in [2.24, 2.45) is 11.3 Å². The van der Waals surface area contributed by atoms with Gasteiger partial charge in [0.05, 0.1) is 23.6 Å². The number of nitrogens with zero attached hydrogens (tertiary/aromatic N) is 3. The second kappa shape index (κ2) is 11.4. The number of carbonyl (C=O) groups is 3. The molecule has 1 saturated heterocycles. The number of halogens is 5. The van der Waals surface area contributed by atoms with E-state index in [1.165, 1.54) is 22.8 Å². The van der Waals surface area contributed by atoms with Crippen molar-refractivity contribution >= 4 is 23.6 Å². The highest BCUT2D eigenvalue weighted by atomic mass is 19.4. The van der Waals surface area contributed by atoms with Gasteiger partial charge in [0.2, 0.25) is 11.8 Å². The first-order chi connectivity index (χ1) is 20.3. The minimum atomic E-state index is -4.82. The molecule has 3 heterocycles. The minimum absolute atomic E-state index is 0.0147. The SMILES string of the molecule is O=C(N[C@H](c1cn2nc(CC3(C(=O)O)C[C@@H](C(F)(F)F)NC3=O)ccc2n1)C1CCC(F)(F)CC1)OCc1ccccc1. The van der Waals surface area contributed by atoms with Gasteiger partial charge in [0, 0.05) is 25.7 Å². The third kappa shape index (κ3) is 6.54. The van der Waals surface area contributed by atoms with Gasteiger partial charge < -0.3 is 20.5 Å². The molecule has 1 aromatic carbocycles. The lowest BCUT2D eigenvalue weighted by molar-refractivity contribution is -0.158. The van der Waals surface area contributed by atoms with Gasteiger partial charge in [-0.1, -0.05) is 30.3 Å². The molecule has 1 aliphatic carbocycles. The van der Waals surface area contributed by atoms with Crippen LogP contribution in [0.4, 0.5) is 26.7 Å². The van der Waals surface area contributed by atoms with E-state index in [4.69, 9.17) is 4.74 Å². The number of rotatable bonds is 8. The second-order valence-electron chi connectivity index (χ2n) is 11.0. The number of carbonyl (C=O) groups excluding carboxylic acids is 2. The number of alkyl carbamates (subject to hydrolysis) is 1. The molecule has 1 saturated carbocycles. The van der Waals surface area contributed by atoms with Crippen LogP contribution in [0.2, 0.25) is 0 Å². The summed E-state index contributed by atoms with van der Waals surface area (Å²) in [4.78, 5) is 41.8. The van der Waals surface area contributed by atoms with E-state index in [-0.39, 0.29) is 49.3 Å². The van der Waals surface area contributed by atoms with E-state index in [1.54, 1.807) is 29.6 Å². The summed E-state index contributed by atoms with van der Waals surface area (Å²) in [5.74, 6) is -6.20. The zero-order valence-electron chi connectivity index (χ0n) is 22.6. The van der Waals surface area contributed by atoms with Gasteiger partial charge in [0.1, 0.15) is 12.6 Å². The summed E-state index contributed by atoms with van der Waals surface area (Å²) in [5, 5.41) is 18.5. The van der Waals surface area contributed by atoms with Gasteiger partial charge in [-0.15, -0.1) is 0 Å². The van der Waals surface area contributed by atoms with Crippen molar-refractivity contribution in [3.05, 3.63) is 65.6 Å². The van der Waals surface area contributed by atoms with Gasteiger partial charge in [-0.3, -0.25) is 9.59 Å². The molecule has 43 heavy (non-hydrogen) atoms. The lowest BCUT2D eigenvalue weighted by Gasteiger charge is -2.33. The molecule has 5 rings (SSSR count). The molecule has 2 aromatic heterocycles. The van der Waals surface area contributed by atoms with Gasteiger partial charge in [-0.05, 0) is 36.5 Å². The van der Waals surface area contributed by atoms with E-state index < -0.39 is 66.3 Å². The molecule has 0 spiro atoms. The van der Waals surface area contributed by atoms with Crippen LogP contribution in [0, 0.1) is 11.3 Å². The summed E-state index contributed by atoms with van der Waals surface area (Å²) in [6.07, 6.45) is -6.35. The lowest BCUT2D eigenvalue weighted by atomic mass is 9.80. The fourth-order valence-corrected chi connectivity index (χ4v) is 5.61. The Balaban J connectivity index is 1.38. The molecule has 0 bridgehead atoms. The van der Waals surface area contributed by atoms with Crippen molar-refractivity contribution in [3.63, 3.8) is 0 Å². The van der Waals surface area contributed by atoms with E-state index >= 15 is 0 Å². The number of aliphatic carboxylic acids is 1. The molecule has 0 radical (unpaired) electrons. The summed E-state index contributed by atoms with van der Waals surface area (Å²) in [5.41, 5.74) is -1.10. The van der Waals surface area contributed by atoms with E-state index in [9.17, 15) is 41.4 Å². The highest BCUT2D eigenvalue weighted by Crippen LogP contribution is 2.42. The molecular formula is C28H28F5N5O5. The summed E-state index contributed by atoms with van der Waals surface area (Å²) in [6, 6.07) is 8.57. The zero-order valence-corrected chi connectivity index (χ0v) is 22.6. The van der Waals surface area contributed by atoms with Crippen LogP contribution in [0.15, 0.2) is 48.7 Å². The third-order valence-electron chi connectivity index (χ3n) is 8.01. The van der Waals surface area contributed by atoms with Crippen LogP contribution in [0.3, 0.4) is 0 Å². The summed E-state index contributed by atoms with van der Waals surface area (Å²) in [6.45, 7) is -0.0215. The summed E-state index contributed by atoms with van der Waals surface area (Å²) in [7, 11) is 0. The number of nitrogens with one attached hydrogen (secondary N) is 2. The number of hydrogen-bond acceptors (Lipinski definition) is 6. The van der Waals surface area contributed by atoms with Crippen LogP contribution in [0.1, 0.15) is 55.1 Å². The van der Waals surface area contributed by atoms with Crippen LogP contribution < -0.4 is 10.6 Å². The third-order valence-corrected chi connectivity index (χ3v) is 8.01. The van der Waals surface area contributed by atoms with Crippen LogP contribution >= 0.6 is 0 Å². The largest absolute Gasteiger partial charge is 0.480 e. The number of carboxylic acid groups (broad SMARTS) is 1. The minimum Gasteiger partial charge on any atom is -0.480 e. The Morgan fingerprint density at radius 1 is 1.14 bits per heavy atom. The van der Waals surface area contributed by atoms with E-state index in [1.807, 2.05) is 6.07 Å². The van der Waals surface area contributed by atoms with Crippen LogP contribution in [0.5, 0.6) is 0 Å². The Morgan fingerprint density at radius 3 is 2.47 bits per heavy atom. The molecule has 3 atom stereocenters. The van der Waals surface area contributed by atoms with Crippen LogP contribution in [0.25, 0.3) is 5.65 Å². The average molecular weight is 610 g/mol. The van der Waals surface area contributed by atoms with Crippen molar-refractivity contribution < 1.29 is 46.2 Å². The molecule has 230 valence electrons. The first-order valence-electron chi connectivity index (χ1n) is 13.6. The fourth-order valence-electron chi connectivity index (χ4n) is 5.61. The molecule has 3 aromatic rings. The van der Waals surface area contributed by atoms with E-state index in [0.29, 0.717) is 0 Å². The molecule has 2 amide bonds. The standard InChI is InChI=1S/C28H28F5N5O5/c29-27(30)10-8-17(9-11-27)22(36-25(42)43-15-16-4-2-1-3-5-16)19-14-38-21(34-19)7-6-18(37-38)12-26(24(40)41)13-20(28(31,32)33)35-23(26)39/h1-7,14,17,20,22H,8-13,15H2,(H,35,39)(H,36,42)(H,40,41)/t20-,22-,26?/m0/s1. The van der Waals surface area contributed by atoms with Gasteiger partial charge >= 0.3 is 18.2 Å². The molecule has 15 heteroatoms. The second-order valence-corrected chi connectivity index (χ2v) is 11.0. The maximum atomic E-state index is 13.9. The number of amides is 2. The van der Waals surface area contributed by atoms with Gasteiger partial charge in [-0.25, -0.2) is 23.1 Å². The van der Waals surface area contributed by atoms with Crippen molar-refractivity contribution in [2.75, 3.05) is 0 Å². The number of carboxylic acids is 1. The molecule has 1 unspecified atom stereocenters. The first kappa shape index (κ1) is 30.2. The number of ether oxygens (including phenoxy) is 1. The van der Waals surface area contributed by atoms with E-state index in [2.05, 4.69) is 15.4 Å². The fraction of sp³-hybridized carbons (Fsp3) is 0.464. The number of aromatic nitrogens is 3. The molecule has 10 nitrogen and oxygen atoms in total. The smallest absolute Gasteiger partial charge is 0.408 e. The predicted octanol–water partition coefficient (Wildman–Crippen LogP) is 4.59. The highest BCUT2D eigenvalue weighted by molar-refractivity contribution is 6.04. The topological polar surface area (TPSA) is 135 Å². The average Bonchev–Trinajstić information content (AvgIpc) is 3.52. The normalized spacial score (nSPS) is 23.1. The van der Waals surface area contributed by atoms with Crippen molar-refractivity contribution in [1.82, 2.24) is 25.2 Å². The number of fused-ring (bicyclic) bond motifs is 1. The first-order valence-corrected chi connectivity index (χ1v) is 13.6. The molecule has 2 aliphatic rings. The highest BCUT2D eigenvalue weighted by Gasteiger charge is 2.59. The number of imidazole rings is 1. The predicted molar refractivity (Wildman–Crippen MR) is 139 cm³/mol. The summed E-state index contributed by atoms with van der Waals surface area (Å²) >= 11 is 0.